The molecule has 1 aromatic carbocycles. The maximum absolute atomic E-state index is 12.8. The molecule has 10 atom stereocenters. The van der Waals surface area contributed by atoms with Crippen molar-refractivity contribution < 1.29 is 58.4 Å². The van der Waals surface area contributed by atoms with Gasteiger partial charge in [0, 0.05) is 17.6 Å². The van der Waals surface area contributed by atoms with E-state index in [9.17, 15) is 30.0 Å². The molecule has 0 saturated carbocycles. The van der Waals surface area contributed by atoms with Crippen molar-refractivity contribution in [1.82, 2.24) is 0 Å². The van der Waals surface area contributed by atoms with Gasteiger partial charge in [-0.25, -0.2) is 4.79 Å². The van der Waals surface area contributed by atoms with E-state index in [1.165, 1.54) is 0 Å². The molecular formula is C32H48O12. The molecule has 0 radical (unpaired) electrons. The molecule has 44 heavy (non-hydrogen) atoms. The van der Waals surface area contributed by atoms with E-state index in [0.29, 0.717) is 16.7 Å². The van der Waals surface area contributed by atoms with Crippen molar-refractivity contribution in [1.29, 1.82) is 0 Å². The molecule has 2 heterocycles. The fourth-order valence-corrected chi connectivity index (χ4v) is 5.09. The molecule has 4 N–H and O–H groups in total. The van der Waals surface area contributed by atoms with Gasteiger partial charge in [-0.1, -0.05) is 45.9 Å². The minimum absolute atomic E-state index is 0.0248. The largest absolute Gasteiger partial charge is 0.504 e. The first-order valence-corrected chi connectivity index (χ1v) is 15.1. The summed E-state index contributed by atoms with van der Waals surface area (Å²) in [6.07, 6.45) is -11.7. The molecule has 1 aromatic rings. The summed E-state index contributed by atoms with van der Waals surface area (Å²) < 4.78 is 35.1. The maximum Gasteiger partial charge on any atom is 0.333 e. The van der Waals surface area contributed by atoms with Gasteiger partial charge in [0.05, 0.1) is 12.2 Å². The van der Waals surface area contributed by atoms with E-state index in [1.54, 1.807) is 46.8 Å². The zero-order valence-electron chi connectivity index (χ0n) is 26.9. The van der Waals surface area contributed by atoms with E-state index in [1.807, 2.05) is 33.8 Å². The van der Waals surface area contributed by atoms with Crippen LogP contribution in [0.5, 0.6) is 11.5 Å². The molecule has 0 spiro atoms. The molecule has 2 fully saturated rings. The number of aromatic hydroxyl groups is 1. The zero-order chi connectivity index (χ0) is 33.0. The number of aryl methyl sites for hydroxylation is 1. The Kier molecular flexibility index (Phi) is 12.2. The molecule has 2 aliphatic heterocycles. The van der Waals surface area contributed by atoms with Crippen LogP contribution in [0.25, 0.3) is 0 Å². The van der Waals surface area contributed by atoms with Crippen LogP contribution in [0.3, 0.4) is 0 Å². The van der Waals surface area contributed by atoms with Gasteiger partial charge in [-0.15, -0.1) is 0 Å². The maximum atomic E-state index is 12.8. The molecule has 12 heteroatoms. The summed E-state index contributed by atoms with van der Waals surface area (Å²) >= 11 is 0. The first-order valence-electron chi connectivity index (χ1n) is 15.1. The average molecular weight is 625 g/mol. The number of carbonyl (C=O) groups is 2. The number of allylic oxidation sites excluding steroid dienone is 1. The molecule has 3 rings (SSSR count). The summed E-state index contributed by atoms with van der Waals surface area (Å²) in [4.78, 5) is 25.1. The van der Waals surface area contributed by atoms with Crippen LogP contribution >= 0.6 is 0 Å². The quantitative estimate of drug-likeness (QED) is 0.222. The molecule has 0 amide bonds. The number of aliphatic hydroxyl groups is 3. The van der Waals surface area contributed by atoms with Crippen LogP contribution in [-0.4, -0.2) is 93.8 Å². The number of carbonyl (C=O) groups excluding carboxylic acids is 2. The molecule has 2 aliphatic rings. The SMILES string of the molecule is CC=C(C)C(=O)O[C@H]1[C@H](O[C@@H]2O[C@H](C)[C@H](OC(=O)CC(C)C)[C@H](O)[C@H]2O)[C@@H](O)[C@H](Oc2c(C(C)C)ccc(C)c2O)O[C@@H]1C. The third-order valence-electron chi connectivity index (χ3n) is 7.88. The lowest BCUT2D eigenvalue weighted by atomic mass is 9.96. The number of hydrogen-bond acceptors (Lipinski definition) is 12. The Morgan fingerprint density at radius 2 is 1.52 bits per heavy atom. The van der Waals surface area contributed by atoms with Gasteiger partial charge < -0.3 is 48.8 Å². The summed E-state index contributed by atoms with van der Waals surface area (Å²) in [5, 5.41) is 44.3. The Balaban J connectivity index is 1.91. The Hall–Kier alpha value is -2.74. The van der Waals surface area contributed by atoms with Crippen LogP contribution < -0.4 is 4.74 Å². The van der Waals surface area contributed by atoms with Gasteiger partial charge in [-0.2, -0.15) is 0 Å². The molecule has 0 unspecified atom stereocenters. The summed E-state index contributed by atoms with van der Waals surface area (Å²) in [6, 6.07) is 3.57. The number of benzene rings is 1. The fourth-order valence-electron chi connectivity index (χ4n) is 5.09. The van der Waals surface area contributed by atoms with Gasteiger partial charge in [0.25, 0.3) is 0 Å². The molecule has 2 saturated heterocycles. The second-order valence-corrected chi connectivity index (χ2v) is 12.3. The molecule has 12 nitrogen and oxygen atoms in total. The van der Waals surface area contributed by atoms with Crippen molar-refractivity contribution in [3.8, 4) is 11.5 Å². The fraction of sp³-hybridized carbons (Fsp3) is 0.688. The standard InChI is InChI=1S/C32H48O12/c1-10-16(6)30(38)42-27-19(9)40-32(43-28-20(15(4)5)12-11-17(7)22(28)34)25(37)29(27)44-31-24(36)23(35)26(18(8)39-31)41-21(33)13-14(2)3/h10-12,14-15,18-19,23-27,29,31-32,34-37H,13H2,1-9H3/t18-,19-,23-,24-,25-,26+,27-,29-,31+,32+/m1/s1. The van der Waals surface area contributed by atoms with Crippen molar-refractivity contribution in [2.75, 3.05) is 0 Å². The van der Waals surface area contributed by atoms with Crippen LogP contribution in [-0.2, 0) is 33.3 Å². The zero-order valence-corrected chi connectivity index (χ0v) is 26.9. The smallest absolute Gasteiger partial charge is 0.333 e. The van der Waals surface area contributed by atoms with E-state index >= 15 is 0 Å². The van der Waals surface area contributed by atoms with Gasteiger partial charge in [0.2, 0.25) is 6.29 Å². The molecule has 0 aliphatic carbocycles. The first kappa shape index (κ1) is 35.7. The topological polar surface area (TPSA) is 170 Å². The van der Waals surface area contributed by atoms with Crippen molar-refractivity contribution >= 4 is 11.9 Å². The van der Waals surface area contributed by atoms with Crippen molar-refractivity contribution in [2.24, 2.45) is 5.92 Å². The molecule has 0 aromatic heterocycles. The Morgan fingerprint density at radius 3 is 2.11 bits per heavy atom. The molecule has 0 bridgehead atoms. The third-order valence-corrected chi connectivity index (χ3v) is 7.88. The molecule has 248 valence electrons. The lowest BCUT2D eigenvalue weighted by Gasteiger charge is -2.46. The lowest BCUT2D eigenvalue weighted by Crippen LogP contribution is -2.64. The van der Waals surface area contributed by atoms with Gasteiger partial charge >= 0.3 is 11.9 Å². The number of hydrogen-bond donors (Lipinski definition) is 4. The predicted octanol–water partition coefficient (Wildman–Crippen LogP) is 3.00. The second kappa shape index (κ2) is 15.0. The first-order chi connectivity index (χ1) is 20.6. The highest BCUT2D eigenvalue weighted by molar-refractivity contribution is 5.87. The van der Waals surface area contributed by atoms with Gasteiger partial charge in [0.1, 0.15) is 24.4 Å². The van der Waals surface area contributed by atoms with Crippen molar-refractivity contribution in [3.63, 3.8) is 0 Å². The van der Waals surface area contributed by atoms with Crippen molar-refractivity contribution in [2.45, 2.75) is 136 Å². The number of aliphatic hydroxyl groups excluding tert-OH is 3. The van der Waals surface area contributed by atoms with Crippen LogP contribution in [0, 0.1) is 12.8 Å². The number of ether oxygens (including phenoxy) is 6. The Morgan fingerprint density at radius 1 is 0.909 bits per heavy atom. The number of rotatable bonds is 10. The van der Waals surface area contributed by atoms with Gasteiger partial charge in [-0.3, -0.25) is 4.79 Å². The van der Waals surface area contributed by atoms with E-state index < -0.39 is 73.4 Å². The van der Waals surface area contributed by atoms with Crippen LogP contribution in [0.1, 0.15) is 78.9 Å². The molecular weight excluding hydrogens is 576 g/mol. The van der Waals surface area contributed by atoms with Crippen LogP contribution in [0.2, 0.25) is 0 Å². The summed E-state index contributed by atoms with van der Waals surface area (Å²) in [6.45, 7) is 15.6. The van der Waals surface area contributed by atoms with E-state index in [2.05, 4.69) is 0 Å². The van der Waals surface area contributed by atoms with Gasteiger partial charge in [-0.05, 0) is 52.0 Å². The second-order valence-electron chi connectivity index (χ2n) is 12.3. The number of phenols is 1. The average Bonchev–Trinajstić information content (AvgIpc) is 2.95. The van der Waals surface area contributed by atoms with Crippen molar-refractivity contribution in [3.05, 3.63) is 34.9 Å². The predicted molar refractivity (Wildman–Crippen MR) is 158 cm³/mol. The van der Waals surface area contributed by atoms with E-state index in [-0.39, 0.29) is 29.8 Å². The number of phenolic OH excluding ortho intramolecular Hbond substituents is 1. The highest BCUT2D eigenvalue weighted by Gasteiger charge is 2.53. The highest BCUT2D eigenvalue weighted by Crippen LogP contribution is 2.40. The minimum atomic E-state index is -1.70. The highest BCUT2D eigenvalue weighted by atomic mass is 16.7. The van der Waals surface area contributed by atoms with E-state index in [4.69, 9.17) is 28.4 Å². The Labute approximate surface area is 258 Å². The van der Waals surface area contributed by atoms with E-state index in [0.717, 1.165) is 0 Å². The third kappa shape index (κ3) is 8.09. The normalized spacial score (nSPS) is 32.9. The monoisotopic (exact) mass is 624 g/mol. The summed E-state index contributed by atoms with van der Waals surface area (Å²) in [7, 11) is 0. The van der Waals surface area contributed by atoms with Crippen LogP contribution in [0.4, 0.5) is 0 Å². The van der Waals surface area contributed by atoms with Crippen LogP contribution in [0.15, 0.2) is 23.8 Å². The minimum Gasteiger partial charge on any atom is -0.504 e. The Bertz CT molecular complexity index is 1180. The lowest BCUT2D eigenvalue weighted by molar-refractivity contribution is -0.347. The summed E-state index contributed by atoms with van der Waals surface area (Å²) in [5.74, 6) is -1.24. The van der Waals surface area contributed by atoms with Gasteiger partial charge in [0.15, 0.2) is 30.0 Å². The summed E-state index contributed by atoms with van der Waals surface area (Å²) in [5.41, 5.74) is 1.53. The number of esters is 2.